The maximum Gasteiger partial charge on any atom is 0.160 e. The predicted molar refractivity (Wildman–Crippen MR) is 52.1 cm³/mol. The van der Waals surface area contributed by atoms with Gasteiger partial charge in [-0.25, -0.2) is 4.98 Å². The molecule has 1 heterocycles. The molecule has 11 heavy (non-hydrogen) atoms. The van der Waals surface area contributed by atoms with E-state index in [9.17, 15) is 0 Å². The molecule has 0 aliphatic heterocycles. The van der Waals surface area contributed by atoms with Crippen LogP contribution in [0, 0.1) is 6.92 Å². The topological polar surface area (TPSA) is 12.9 Å². The molecule has 0 bridgehead atoms. The van der Waals surface area contributed by atoms with Gasteiger partial charge >= 0.3 is 0 Å². The Bertz CT molecular complexity index is 394. The van der Waals surface area contributed by atoms with E-state index in [1.54, 1.807) is 11.3 Å². The standard InChI is InChI=1S/C8H6BrNS/c1-5-3-2-4-6-7(5)11-8(9)10-6/h2-4H,1H3. The van der Waals surface area contributed by atoms with E-state index in [1.807, 2.05) is 12.1 Å². The van der Waals surface area contributed by atoms with E-state index < -0.39 is 0 Å². The van der Waals surface area contributed by atoms with Crippen molar-refractivity contribution in [2.75, 3.05) is 0 Å². The Labute approximate surface area is 77.2 Å². The monoisotopic (exact) mass is 227 g/mol. The fourth-order valence-electron chi connectivity index (χ4n) is 1.06. The SMILES string of the molecule is Cc1cccc2nc(Br)sc12. The largest absolute Gasteiger partial charge is 0.229 e. The lowest BCUT2D eigenvalue weighted by molar-refractivity contribution is 1.44. The number of aromatic nitrogens is 1. The number of aryl methyl sites for hydroxylation is 1. The molecule has 56 valence electrons. The molecule has 1 nitrogen and oxygen atoms in total. The molecule has 0 aliphatic carbocycles. The summed E-state index contributed by atoms with van der Waals surface area (Å²) in [6, 6.07) is 6.17. The minimum absolute atomic E-state index is 0.960. The van der Waals surface area contributed by atoms with Crippen molar-refractivity contribution in [1.29, 1.82) is 0 Å². The van der Waals surface area contributed by atoms with Gasteiger partial charge in [-0.2, -0.15) is 0 Å². The molecule has 0 aliphatic rings. The summed E-state index contributed by atoms with van der Waals surface area (Å²) in [7, 11) is 0. The molecule has 1 aromatic heterocycles. The van der Waals surface area contributed by atoms with Gasteiger partial charge in [0.2, 0.25) is 0 Å². The number of hydrogen-bond acceptors (Lipinski definition) is 2. The zero-order valence-corrected chi connectivity index (χ0v) is 8.37. The predicted octanol–water partition coefficient (Wildman–Crippen LogP) is 3.37. The Hall–Kier alpha value is -0.410. The van der Waals surface area contributed by atoms with E-state index in [-0.39, 0.29) is 0 Å². The maximum atomic E-state index is 4.31. The van der Waals surface area contributed by atoms with Crippen molar-refractivity contribution in [1.82, 2.24) is 4.98 Å². The van der Waals surface area contributed by atoms with Gasteiger partial charge in [-0.1, -0.05) is 12.1 Å². The van der Waals surface area contributed by atoms with Crippen LogP contribution in [0.1, 0.15) is 5.56 Å². The highest BCUT2D eigenvalue weighted by Crippen LogP contribution is 2.28. The van der Waals surface area contributed by atoms with Crippen molar-refractivity contribution < 1.29 is 0 Å². The Morgan fingerprint density at radius 2 is 2.27 bits per heavy atom. The molecule has 2 rings (SSSR count). The van der Waals surface area contributed by atoms with Crippen LogP contribution in [-0.4, -0.2) is 4.98 Å². The van der Waals surface area contributed by atoms with Crippen LogP contribution in [-0.2, 0) is 0 Å². The van der Waals surface area contributed by atoms with Crippen molar-refractivity contribution in [2.24, 2.45) is 0 Å². The Morgan fingerprint density at radius 3 is 3.00 bits per heavy atom. The molecule has 3 heteroatoms. The van der Waals surface area contributed by atoms with Crippen LogP contribution in [0.3, 0.4) is 0 Å². The minimum Gasteiger partial charge on any atom is -0.229 e. The summed E-state index contributed by atoms with van der Waals surface area (Å²) in [5.74, 6) is 0. The summed E-state index contributed by atoms with van der Waals surface area (Å²) < 4.78 is 2.24. The highest BCUT2D eigenvalue weighted by Gasteiger charge is 2.01. The van der Waals surface area contributed by atoms with Crippen LogP contribution in [0.25, 0.3) is 10.2 Å². The highest BCUT2D eigenvalue weighted by atomic mass is 79.9. The molecule has 0 atom stereocenters. The summed E-state index contributed by atoms with van der Waals surface area (Å²) in [4.78, 5) is 4.31. The Balaban J connectivity index is 2.90. The summed E-state index contributed by atoms with van der Waals surface area (Å²) in [6.45, 7) is 2.10. The lowest BCUT2D eigenvalue weighted by Crippen LogP contribution is -1.70. The van der Waals surface area contributed by atoms with Gasteiger partial charge in [-0.05, 0) is 34.5 Å². The second kappa shape index (κ2) is 2.57. The van der Waals surface area contributed by atoms with Gasteiger partial charge < -0.3 is 0 Å². The molecule has 0 N–H and O–H groups in total. The summed E-state index contributed by atoms with van der Waals surface area (Å²) in [5.41, 5.74) is 2.38. The number of rotatable bonds is 0. The summed E-state index contributed by atoms with van der Waals surface area (Å²) in [5, 5.41) is 0. The Kier molecular flexibility index (Phi) is 1.69. The van der Waals surface area contributed by atoms with Crippen LogP contribution in [0.15, 0.2) is 22.1 Å². The number of hydrogen-bond donors (Lipinski definition) is 0. The van der Waals surface area contributed by atoms with Crippen molar-refractivity contribution in [3.8, 4) is 0 Å². The minimum atomic E-state index is 0.960. The van der Waals surface area contributed by atoms with Gasteiger partial charge in [0.15, 0.2) is 3.92 Å². The average Bonchev–Trinajstić information content (AvgIpc) is 2.31. The van der Waals surface area contributed by atoms with Crippen molar-refractivity contribution >= 4 is 37.5 Å². The number of halogens is 1. The number of nitrogens with zero attached hydrogens (tertiary/aromatic N) is 1. The molecule has 0 spiro atoms. The van der Waals surface area contributed by atoms with E-state index in [0.29, 0.717) is 0 Å². The highest BCUT2D eigenvalue weighted by molar-refractivity contribution is 9.11. The van der Waals surface area contributed by atoms with Gasteiger partial charge in [-0.3, -0.25) is 0 Å². The third-order valence-electron chi connectivity index (χ3n) is 1.59. The zero-order chi connectivity index (χ0) is 7.84. The van der Waals surface area contributed by atoms with E-state index in [4.69, 9.17) is 0 Å². The fourth-order valence-corrected chi connectivity index (χ4v) is 2.50. The van der Waals surface area contributed by atoms with E-state index in [0.717, 1.165) is 9.43 Å². The second-order valence-corrected chi connectivity index (χ2v) is 4.67. The summed E-state index contributed by atoms with van der Waals surface area (Å²) in [6.07, 6.45) is 0. The molecule has 0 saturated heterocycles. The first-order valence-electron chi connectivity index (χ1n) is 3.29. The molecule has 0 radical (unpaired) electrons. The first-order valence-corrected chi connectivity index (χ1v) is 4.90. The summed E-state index contributed by atoms with van der Waals surface area (Å²) >= 11 is 5.05. The van der Waals surface area contributed by atoms with Gasteiger partial charge in [0.05, 0.1) is 10.2 Å². The lowest BCUT2D eigenvalue weighted by atomic mass is 10.2. The maximum absolute atomic E-state index is 4.31. The van der Waals surface area contributed by atoms with Crippen LogP contribution in [0.4, 0.5) is 0 Å². The molecular weight excluding hydrogens is 222 g/mol. The third-order valence-corrected chi connectivity index (χ3v) is 3.24. The van der Waals surface area contributed by atoms with Gasteiger partial charge in [-0.15, -0.1) is 11.3 Å². The second-order valence-electron chi connectivity index (χ2n) is 2.39. The average molecular weight is 228 g/mol. The molecule has 0 amide bonds. The lowest BCUT2D eigenvalue weighted by Gasteiger charge is -1.89. The van der Waals surface area contributed by atoms with Crippen molar-refractivity contribution in [3.05, 3.63) is 27.7 Å². The van der Waals surface area contributed by atoms with E-state index in [2.05, 4.69) is 33.9 Å². The van der Waals surface area contributed by atoms with Gasteiger partial charge in [0, 0.05) is 0 Å². The van der Waals surface area contributed by atoms with E-state index >= 15 is 0 Å². The normalized spacial score (nSPS) is 10.7. The van der Waals surface area contributed by atoms with Gasteiger partial charge in [0.25, 0.3) is 0 Å². The first-order chi connectivity index (χ1) is 5.27. The van der Waals surface area contributed by atoms with Crippen molar-refractivity contribution in [2.45, 2.75) is 6.92 Å². The van der Waals surface area contributed by atoms with E-state index in [1.165, 1.54) is 10.3 Å². The Morgan fingerprint density at radius 1 is 1.45 bits per heavy atom. The molecule has 0 fully saturated rings. The quantitative estimate of drug-likeness (QED) is 0.673. The zero-order valence-electron chi connectivity index (χ0n) is 5.97. The van der Waals surface area contributed by atoms with Crippen LogP contribution in [0.5, 0.6) is 0 Å². The molecule has 0 saturated carbocycles. The third kappa shape index (κ3) is 1.19. The fraction of sp³-hybridized carbons (Fsp3) is 0.125. The number of benzene rings is 1. The first kappa shape index (κ1) is 7.25. The molecule has 2 aromatic rings. The molecule has 0 unspecified atom stereocenters. The van der Waals surface area contributed by atoms with Crippen LogP contribution < -0.4 is 0 Å². The molecular formula is C8H6BrNS. The number of thiazole rings is 1. The van der Waals surface area contributed by atoms with Crippen LogP contribution in [0.2, 0.25) is 0 Å². The smallest absolute Gasteiger partial charge is 0.160 e. The molecule has 1 aromatic carbocycles. The van der Waals surface area contributed by atoms with Crippen molar-refractivity contribution in [3.63, 3.8) is 0 Å². The van der Waals surface area contributed by atoms with Gasteiger partial charge in [0.1, 0.15) is 0 Å². The van der Waals surface area contributed by atoms with Crippen LogP contribution >= 0.6 is 27.3 Å². The number of fused-ring (bicyclic) bond motifs is 1.